The van der Waals surface area contributed by atoms with Crippen molar-refractivity contribution < 1.29 is 9.84 Å². The van der Waals surface area contributed by atoms with Crippen LogP contribution in [0.2, 0.25) is 0 Å². The molecule has 5 heteroatoms. The zero-order valence-electron chi connectivity index (χ0n) is 13.0. The molecule has 3 rings (SSSR count). The number of rotatable bonds is 4. The number of phenols is 1. The van der Waals surface area contributed by atoms with E-state index in [2.05, 4.69) is 16.0 Å². The summed E-state index contributed by atoms with van der Waals surface area (Å²) in [6, 6.07) is 14.8. The molecule has 0 aliphatic heterocycles. The molecule has 0 saturated heterocycles. The number of aromatic nitrogens is 2. The number of ether oxygens (including phenoxy) is 1. The van der Waals surface area contributed by atoms with E-state index >= 15 is 0 Å². The second-order valence-corrected chi connectivity index (χ2v) is 5.09. The highest BCUT2D eigenvalue weighted by Crippen LogP contribution is 2.26. The Morgan fingerprint density at radius 3 is 2.88 bits per heavy atom. The van der Waals surface area contributed by atoms with Gasteiger partial charge in [0.05, 0.1) is 23.7 Å². The molecule has 0 aliphatic carbocycles. The lowest BCUT2D eigenvalue weighted by atomic mass is 10.1. The molecule has 0 spiro atoms. The van der Waals surface area contributed by atoms with Gasteiger partial charge in [0.25, 0.3) is 0 Å². The van der Waals surface area contributed by atoms with Crippen molar-refractivity contribution in [2.45, 2.75) is 0 Å². The van der Waals surface area contributed by atoms with Gasteiger partial charge in [-0.25, -0.2) is 4.98 Å². The van der Waals surface area contributed by atoms with Crippen molar-refractivity contribution in [2.24, 2.45) is 0 Å². The molecule has 0 radical (unpaired) electrons. The summed E-state index contributed by atoms with van der Waals surface area (Å²) >= 11 is 0. The Morgan fingerprint density at radius 1 is 1.29 bits per heavy atom. The second kappa shape index (κ2) is 6.71. The van der Waals surface area contributed by atoms with Gasteiger partial charge in [0.2, 0.25) is 0 Å². The third-order valence-corrected chi connectivity index (χ3v) is 3.52. The standard InChI is InChI=1S/C19H15N3O2/c1-24-18-11-13(9-10-17(18)23)5-4-6-14(12-20)19-21-15-7-2-3-8-16(15)22-19/h2-11,23H,1H3,(H,21,22). The number of aromatic amines is 1. The van der Waals surface area contributed by atoms with E-state index in [1.165, 1.54) is 7.11 Å². The SMILES string of the molecule is COc1cc(C=CC=C(C#N)c2nc3ccccc3[nH]2)ccc1O. The number of hydrogen-bond donors (Lipinski definition) is 2. The summed E-state index contributed by atoms with van der Waals surface area (Å²) in [5.74, 6) is 1.02. The van der Waals surface area contributed by atoms with Crippen molar-refractivity contribution in [1.82, 2.24) is 9.97 Å². The zero-order chi connectivity index (χ0) is 16.9. The number of methoxy groups -OCH3 is 1. The van der Waals surface area contributed by atoms with Gasteiger partial charge in [-0.2, -0.15) is 5.26 Å². The number of nitrogens with one attached hydrogen (secondary N) is 1. The molecule has 0 amide bonds. The minimum absolute atomic E-state index is 0.0881. The van der Waals surface area contributed by atoms with Crippen molar-refractivity contribution in [1.29, 1.82) is 5.26 Å². The third kappa shape index (κ3) is 3.13. The van der Waals surface area contributed by atoms with Crippen LogP contribution in [0.5, 0.6) is 11.5 Å². The van der Waals surface area contributed by atoms with Crippen molar-refractivity contribution in [3.8, 4) is 17.6 Å². The number of H-pyrrole nitrogens is 1. The first-order valence-corrected chi connectivity index (χ1v) is 7.32. The molecule has 2 N–H and O–H groups in total. The fourth-order valence-electron chi connectivity index (χ4n) is 2.30. The van der Waals surface area contributed by atoms with Gasteiger partial charge in [-0.3, -0.25) is 0 Å². The van der Waals surface area contributed by atoms with Crippen LogP contribution in [0.1, 0.15) is 11.4 Å². The van der Waals surface area contributed by atoms with E-state index in [9.17, 15) is 10.4 Å². The molecule has 3 aromatic rings. The third-order valence-electron chi connectivity index (χ3n) is 3.52. The molecule has 0 unspecified atom stereocenters. The Hall–Kier alpha value is -3.52. The van der Waals surface area contributed by atoms with Gasteiger partial charge >= 0.3 is 0 Å². The predicted molar refractivity (Wildman–Crippen MR) is 93.4 cm³/mol. The van der Waals surface area contributed by atoms with Gasteiger partial charge in [0.1, 0.15) is 11.9 Å². The van der Waals surface area contributed by atoms with Crippen molar-refractivity contribution in [3.05, 3.63) is 66.0 Å². The van der Waals surface area contributed by atoms with Gasteiger partial charge in [0.15, 0.2) is 11.5 Å². The van der Waals surface area contributed by atoms with E-state index in [1.807, 2.05) is 30.3 Å². The number of benzene rings is 2. The molecule has 5 nitrogen and oxygen atoms in total. The monoisotopic (exact) mass is 317 g/mol. The van der Waals surface area contributed by atoms with E-state index < -0.39 is 0 Å². The van der Waals surface area contributed by atoms with Gasteiger partial charge in [-0.15, -0.1) is 0 Å². The maximum absolute atomic E-state index is 9.59. The van der Waals surface area contributed by atoms with E-state index in [0.29, 0.717) is 17.1 Å². The number of aromatic hydroxyl groups is 1. The lowest BCUT2D eigenvalue weighted by Gasteiger charge is -2.03. The summed E-state index contributed by atoms with van der Waals surface area (Å²) in [6.07, 6.45) is 5.27. The molecular weight excluding hydrogens is 302 g/mol. The molecular formula is C19H15N3O2. The van der Waals surface area contributed by atoms with Crippen molar-refractivity contribution in [2.75, 3.05) is 7.11 Å². The summed E-state index contributed by atoms with van der Waals surface area (Å²) in [5.41, 5.74) is 3.00. The average Bonchev–Trinajstić information content (AvgIpc) is 3.03. The van der Waals surface area contributed by atoms with E-state index in [0.717, 1.165) is 16.6 Å². The maximum Gasteiger partial charge on any atom is 0.161 e. The topological polar surface area (TPSA) is 81.9 Å². The van der Waals surface area contributed by atoms with Gasteiger partial charge in [-0.05, 0) is 35.9 Å². The van der Waals surface area contributed by atoms with Crippen LogP contribution in [0.15, 0.2) is 54.6 Å². The number of para-hydroxylation sites is 2. The second-order valence-electron chi connectivity index (χ2n) is 5.09. The highest BCUT2D eigenvalue weighted by Gasteiger charge is 2.06. The average molecular weight is 317 g/mol. The molecule has 2 aromatic carbocycles. The van der Waals surface area contributed by atoms with Crippen LogP contribution >= 0.6 is 0 Å². The molecule has 1 aromatic heterocycles. The Labute approximate surface area is 139 Å². The largest absolute Gasteiger partial charge is 0.504 e. The molecule has 1 heterocycles. The Bertz CT molecular complexity index is 945. The number of phenolic OH excluding ortho intramolecular Hbond substituents is 1. The first kappa shape index (κ1) is 15.4. The van der Waals surface area contributed by atoms with Crippen LogP contribution in [0.3, 0.4) is 0 Å². The fourth-order valence-corrected chi connectivity index (χ4v) is 2.30. The molecule has 0 atom stereocenters. The van der Waals surface area contributed by atoms with Crippen LogP contribution < -0.4 is 4.74 Å². The number of nitrogens with zero attached hydrogens (tertiary/aromatic N) is 2. The number of nitriles is 1. The molecule has 0 bridgehead atoms. The number of fused-ring (bicyclic) bond motifs is 1. The Morgan fingerprint density at radius 2 is 2.12 bits per heavy atom. The Kier molecular flexibility index (Phi) is 4.30. The van der Waals surface area contributed by atoms with Gasteiger partial charge in [-0.1, -0.05) is 30.4 Å². The summed E-state index contributed by atoms with van der Waals surface area (Å²) in [4.78, 5) is 7.55. The summed E-state index contributed by atoms with van der Waals surface area (Å²) in [5, 5.41) is 18.9. The van der Waals surface area contributed by atoms with Crippen LogP contribution in [-0.2, 0) is 0 Å². The minimum Gasteiger partial charge on any atom is -0.504 e. The van der Waals surface area contributed by atoms with Crippen LogP contribution in [0, 0.1) is 11.3 Å². The summed E-state index contributed by atoms with van der Waals surface area (Å²) in [6.45, 7) is 0. The fraction of sp³-hybridized carbons (Fsp3) is 0.0526. The summed E-state index contributed by atoms with van der Waals surface area (Å²) in [7, 11) is 1.50. The highest BCUT2D eigenvalue weighted by atomic mass is 16.5. The predicted octanol–water partition coefficient (Wildman–Crippen LogP) is 3.90. The first-order valence-electron chi connectivity index (χ1n) is 7.32. The van der Waals surface area contributed by atoms with E-state index in [4.69, 9.17) is 4.74 Å². The van der Waals surface area contributed by atoms with Gasteiger partial charge in [0, 0.05) is 0 Å². The van der Waals surface area contributed by atoms with Crippen LogP contribution in [0.4, 0.5) is 0 Å². The quantitative estimate of drug-likeness (QED) is 0.565. The summed E-state index contributed by atoms with van der Waals surface area (Å²) < 4.78 is 5.07. The Balaban J connectivity index is 1.87. The van der Waals surface area contributed by atoms with E-state index in [1.54, 1.807) is 30.4 Å². The number of hydrogen-bond acceptors (Lipinski definition) is 4. The number of imidazole rings is 1. The van der Waals surface area contributed by atoms with Crippen LogP contribution in [0.25, 0.3) is 22.7 Å². The molecule has 0 aliphatic rings. The molecule has 0 saturated carbocycles. The molecule has 118 valence electrons. The van der Waals surface area contributed by atoms with Crippen molar-refractivity contribution in [3.63, 3.8) is 0 Å². The van der Waals surface area contributed by atoms with E-state index in [-0.39, 0.29) is 5.75 Å². The number of allylic oxidation sites excluding steroid dienone is 3. The highest BCUT2D eigenvalue weighted by molar-refractivity contribution is 5.82. The molecule has 24 heavy (non-hydrogen) atoms. The van der Waals surface area contributed by atoms with Crippen molar-refractivity contribution >= 4 is 22.7 Å². The maximum atomic E-state index is 9.59. The van der Waals surface area contributed by atoms with Crippen LogP contribution in [-0.4, -0.2) is 22.2 Å². The first-order chi connectivity index (χ1) is 11.7. The zero-order valence-corrected chi connectivity index (χ0v) is 13.0. The lowest BCUT2D eigenvalue weighted by Crippen LogP contribution is -1.84. The van der Waals surface area contributed by atoms with Gasteiger partial charge < -0.3 is 14.8 Å². The smallest absolute Gasteiger partial charge is 0.161 e. The lowest BCUT2D eigenvalue weighted by molar-refractivity contribution is 0.373. The minimum atomic E-state index is 0.0881. The molecule has 0 fully saturated rings. The normalized spacial score (nSPS) is 11.8.